The van der Waals surface area contributed by atoms with Crippen molar-refractivity contribution in [1.29, 1.82) is 0 Å². The van der Waals surface area contributed by atoms with E-state index in [0.29, 0.717) is 19.3 Å². The second-order valence-electron chi connectivity index (χ2n) is 20.9. The van der Waals surface area contributed by atoms with Gasteiger partial charge in [0.1, 0.15) is 13.2 Å². The first kappa shape index (κ1) is 76.5. The van der Waals surface area contributed by atoms with E-state index in [2.05, 4.69) is 191 Å². The number of esters is 3. The van der Waals surface area contributed by atoms with Crippen molar-refractivity contribution in [1.82, 2.24) is 0 Å². The minimum Gasteiger partial charge on any atom is -0.462 e. The van der Waals surface area contributed by atoms with Gasteiger partial charge in [-0.15, -0.1) is 0 Å². The Hall–Kier alpha value is -5.49. The van der Waals surface area contributed by atoms with Crippen LogP contribution in [0.3, 0.4) is 0 Å². The van der Waals surface area contributed by atoms with Gasteiger partial charge in [0, 0.05) is 19.3 Å². The molecule has 0 aliphatic carbocycles. The number of carbonyl (C=O) groups excluding carboxylic acids is 3. The molecular weight excluding hydrogens is 1010 g/mol. The number of rotatable bonds is 57. The molecular formula is C76H118O6. The normalized spacial score (nSPS) is 13.4. The summed E-state index contributed by atoms with van der Waals surface area (Å²) in [5.41, 5.74) is 0. The second-order valence-corrected chi connectivity index (χ2v) is 20.9. The van der Waals surface area contributed by atoms with Gasteiger partial charge in [-0.3, -0.25) is 14.4 Å². The molecule has 0 rings (SSSR count). The Labute approximate surface area is 504 Å². The first-order valence-electron chi connectivity index (χ1n) is 32.8. The van der Waals surface area contributed by atoms with Crippen LogP contribution in [0.25, 0.3) is 0 Å². The van der Waals surface area contributed by atoms with Crippen LogP contribution >= 0.6 is 0 Å². The lowest BCUT2D eigenvalue weighted by atomic mass is 10.1. The Morgan fingerprint density at radius 1 is 0.256 bits per heavy atom. The summed E-state index contributed by atoms with van der Waals surface area (Å²) < 4.78 is 16.8. The Bertz CT molecular complexity index is 1920. The van der Waals surface area contributed by atoms with Crippen LogP contribution in [0.15, 0.2) is 182 Å². The lowest BCUT2D eigenvalue weighted by Crippen LogP contribution is -2.30. The van der Waals surface area contributed by atoms with Crippen LogP contribution in [0.1, 0.15) is 258 Å². The van der Waals surface area contributed by atoms with Gasteiger partial charge >= 0.3 is 17.9 Å². The zero-order valence-corrected chi connectivity index (χ0v) is 52.4. The maximum atomic E-state index is 12.9. The van der Waals surface area contributed by atoms with Gasteiger partial charge in [0.15, 0.2) is 6.10 Å². The van der Waals surface area contributed by atoms with E-state index >= 15 is 0 Å². The summed E-state index contributed by atoms with van der Waals surface area (Å²) in [5, 5.41) is 0. The Balaban J connectivity index is 4.39. The van der Waals surface area contributed by atoms with E-state index in [4.69, 9.17) is 14.2 Å². The summed E-state index contributed by atoms with van der Waals surface area (Å²) in [6.45, 7) is 6.30. The highest BCUT2D eigenvalue weighted by Crippen LogP contribution is 2.14. The fourth-order valence-corrected chi connectivity index (χ4v) is 8.30. The monoisotopic (exact) mass is 1130 g/mol. The maximum absolute atomic E-state index is 12.9. The summed E-state index contributed by atoms with van der Waals surface area (Å²) in [6, 6.07) is 0. The molecule has 0 aromatic carbocycles. The minimum absolute atomic E-state index is 0.123. The third kappa shape index (κ3) is 65.3. The molecule has 0 saturated carbocycles. The van der Waals surface area contributed by atoms with Gasteiger partial charge in [-0.1, -0.05) is 274 Å². The number of hydrogen-bond acceptors (Lipinski definition) is 6. The molecule has 0 radical (unpaired) electrons. The summed E-state index contributed by atoms with van der Waals surface area (Å²) in [6.07, 6.45) is 102. The molecule has 0 aromatic heterocycles. The third-order valence-electron chi connectivity index (χ3n) is 13.1. The SMILES string of the molecule is CC/C=C\C/C=C\C/C=C\C/C=C\C/C=C\C/C=C\C/C=C\C/C=C\CCCCCCCCCCC(=O)OCC(COC(=O)CCCCCCC/C=C\CCCCC)OC(=O)CC/C=C\C/C=C\C/C=C\C/C=C\C/C=C\C/C=C\CC. The average molecular weight is 1130 g/mol. The molecule has 0 fully saturated rings. The lowest BCUT2D eigenvalue weighted by Gasteiger charge is -2.18. The molecule has 6 nitrogen and oxygen atoms in total. The summed E-state index contributed by atoms with van der Waals surface area (Å²) >= 11 is 0. The summed E-state index contributed by atoms with van der Waals surface area (Å²) in [5.74, 6) is -1.03. The Kier molecular flexibility index (Phi) is 63.5. The van der Waals surface area contributed by atoms with E-state index in [1.54, 1.807) is 0 Å². The highest BCUT2D eigenvalue weighted by atomic mass is 16.6. The number of carbonyl (C=O) groups is 3. The summed E-state index contributed by atoms with van der Waals surface area (Å²) in [4.78, 5) is 38.2. The van der Waals surface area contributed by atoms with Crippen molar-refractivity contribution in [3.05, 3.63) is 182 Å². The van der Waals surface area contributed by atoms with Gasteiger partial charge in [-0.05, 0) is 148 Å². The number of allylic oxidation sites excluding steroid dienone is 30. The average Bonchev–Trinajstić information content (AvgIpc) is 3.47. The standard InChI is InChI=1S/C76H118O6/c1-4-7-10-13-16-19-22-25-27-29-31-32-33-34-35-36-37-38-39-40-41-42-43-44-46-47-49-51-54-57-60-63-66-69-75(78)81-72-73(71-80-74(77)68-65-62-59-56-53-24-21-18-15-12-9-6-3)82-76(79)70-67-64-61-58-55-52-50-48-45-30-28-26-23-20-17-14-11-8-5-2/h7-8,10-11,16-21,25-28,31-32,34-35,37-38,40-41,43-45,48,52,55,61,64,73H,4-6,9,12-15,22-24,29-30,33,36,39,42,46-47,49-51,53-54,56-60,62-63,65-72H2,1-3H3/b10-7-,11-8-,19-16-,20-17-,21-18-,27-25-,28-26-,32-31-,35-34-,38-37-,41-40-,44-43-,48-45-,55-52-,64-61-. The molecule has 0 saturated heterocycles. The van der Waals surface area contributed by atoms with Crippen LogP contribution in [0.5, 0.6) is 0 Å². The van der Waals surface area contributed by atoms with Crippen LogP contribution in [-0.2, 0) is 28.6 Å². The molecule has 458 valence electrons. The van der Waals surface area contributed by atoms with Crippen LogP contribution in [0.2, 0.25) is 0 Å². The maximum Gasteiger partial charge on any atom is 0.306 e. The first-order chi connectivity index (χ1) is 40.5. The van der Waals surface area contributed by atoms with Gasteiger partial charge in [0.05, 0.1) is 0 Å². The van der Waals surface area contributed by atoms with E-state index in [9.17, 15) is 14.4 Å². The van der Waals surface area contributed by atoms with Crippen molar-refractivity contribution >= 4 is 17.9 Å². The molecule has 1 unspecified atom stereocenters. The fourth-order valence-electron chi connectivity index (χ4n) is 8.30. The lowest BCUT2D eigenvalue weighted by molar-refractivity contribution is -0.166. The molecule has 0 amide bonds. The largest absolute Gasteiger partial charge is 0.462 e. The van der Waals surface area contributed by atoms with Crippen LogP contribution in [0.4, 0.5) is 0 Å². The molecule has 0 aliphatic heterocycles. The van der Waals surface area contributed by atoms with Crippen molar-refractivity contribution in [3.8, 4) is 0 Å². The van der Waals surface area contributed by atoms with Crippen molar-refractivity contribution in [2.24, 2.45) is 0 Å². The fraction of sp³-hybridized carbons (Fsp3) is 0.566. The van der Waals surface area contributed by atoms with E-state index in [-0.39, 0.29) is 31.6 Å². The molecule has 0 bridgehead atoms. The Morgan fingerprint density at radius 3 is 0.805 bits per heavy atom. The van der Waals surface area contributed by atoms with E-state index < -0.39 is 12.1 Å². The van der Waals surface area contributed by atoms with Crippen molar-refractivity contribution < 1.29 is 28.6 Å². The number of hydrogen-bond donors (Lipinski definition) is 0. The predicted molar refractivity (Wildman–Crippen MR) is 357 cm³/mol. The molecule has 82 heavy (non-hydrogen) atoms. The molecule has 0 heterocycles. The predicted octanol–water partition coefficient (Wildman–Crippen LogP) is 22.8. The quantitative estimate of drug-likeness (QED) is 0.0261. The molecule has 0 N–H and O–H groups in total. The summed E-state index contributed by atoms with van der Waals surface area (Å²) in [7, 11) is 0. The molecule has 6 heteroatoms. The van der Waals surface area contributed by atoms with Crippen LogP contribution < -0.4 is 0 Å². The zero-order valence-electron chi connectivity index (χ0n) is 52.4. The number of unbranched alkanes of at least 4 members (excludes halogenated alkanes) is 16. The smallest absolute Gasteiger partial charge is 0.306 e. The molecule has 0 aromatic rings. The topological polar surface area (TPSA) is 78.9 Å². The van der Waals surface area contributed by atoms with Crippen molar-refractivity contribution in [2.45, 2.75) is 264 Å². The van der Waals surface area contributed by atoms with E-state index in [0.717, 1.165) is 148 Å². The van der Waals surface area contributed by atoms with Crippen LogP contribution in [-0.4, -0.2) is 37.2 Å². The molecule has 0 spiro atoms. The first-order valence-corrected chi connectivity index (χ1v) is 32.8. The van der Waals surface area contributed by atoms with Gasteiger partial charge in [-0.25, -0.2) is 0 Å². The van der Waals surface area contributed by atoms with Gasteiger partial charge in [0.25, 0.3) is 0 Å². The zero-order chi connectivity index (χ0) is 59.2. The van der Waals surface area contributed by atoms with Gasteiger partial charge in [0.2, 0.25) is 0 Å². The second kappa shape index (κ2) is 68.0. The highest BCUT2D eigenvalue weighted by molar-refractivity contribution is 5.71. The molecule has 1 atom stereocenters. The van der Waals surface area contributed by atoms with Gasteiger partial charge in [-0.2, -0.15) is 0 Å². The van der Waals surface area contributed by atoms with Crippen molar-refractivity contribution in [3.63, 3.8) is 0 Å². The van der Waals surface area contributed by atoms with E-state index in [1.807, 2.05) is 12.2 Å². The molecule has 0 aliphatic rings. The number of ether oxygens (including phenoxy) is 3. The van der Waals surface area contributed by atoms with Gasteiger partial charge < -0.3 is 14.2 Å². The van der Waals surface area contributed by atoms with Crippen molar-refractivity contribution in [2.75, 3.05) is 13.2 Å². The highest BCUT2D eigenvalue weighted by Gasteiger charge is 2.19. The third-order valence-corrected chi connectivity index (χ3v) is 13.1. The minimum atomic E-state index is -0.836. The van der Waals surface area contributed by atoms with Crippen LogP contribution in [0, 0.1) is 0 Å². The van der Waals surface area contributed by atoms with E-state index in [1.165, 1.54) is 64.2 Å². The Morgan fingerprint density at radius 2 is 0.500 bits per heavy atom.